The summed E-state index contributed by atoms with van der Waals surface area (Å²) in [5.74, 6) is 1.31. The number of hydrogen-bond donors (Lipinski definition) is 1. The first kappa shape index (κ1) is 14.9. The van der Waals surface area contributed by atoms with Gasteiger partial charge in [0.15, 0.2) is 0 Å². The Bertz CT molecular complexity index is 342. The van der Waals surface area contributed by atoms with Crippen LogP contribution in [0.4, 0.5) is 0 Å². The summed E-state index contributed by atoms with van der Waals surface area (Å²) in [5, 5.41) is 3.65. The van der Waals surface area contributed by atoms with Crippen LogP contribution in [0.5, 0.6) is 0 Å². The number of nitrogens with one attached hydrogen (secondary N) is 1. The standard InChI is InChI=1S/C16H26N2S/c1-19-12-6-5-10-18-11-9-17-16(14-18)13-15-7-3-2-4-8-15/h2-4,7-8,16-17H,5-6,9-14H2,1H3. The highest BCUT2D eigenvalue weighted by Gasteiger charge is 2.18. The van der Waals surface area contributed by atoms with Crippen molar-refractivity contribution in [3.8, 4) is 0 Å². The molecule has 0 saturated carbocycles. The molecule has 0 spiro atoms. The summed E-state index contributed by atoms with van der Waals surface area (Å²) in [4.78, 5) is 2.63. The molecule has 2 rings (SSSR count). The number of rotatable bonds is 7. The number of unbranched alkanes of at least 4 members (excludes halogenated alkanes) is 1. The van der Waals surface area contributed by atoms with Gasteiger partial charge in [-0.1, -0.05) is 30.3 Å². The fourth-order valence-corrected chi connectivity index (χ4v) is 3.21. The van der Waals surface area contributed by atoms with Crippen molar-refractivity contribution in [3.05, 3.63) is 35.9 Å². The van der Waals surface area contributed by atoms with Gasteiger partial charge in [0, 0.05) is 25.7 Å². The number of hydrogen-bond acceptors (Lipinski definition) is 3. The molecule has 1 unspecified atom stereocenters. The summed E-state index contributed by atoms with van der Waals surface area (Å²) in [6, 6.07) is 11.5. The first-order chi connectivity index (χ1) is 9.38. The highest BCUT2D eigenvalue weighted by atomic mass is 32.2. The molecule has 1 aliphatic rings. The van der Waals surface area contributed by atoms with E-state index in [4.69, 9.17) is 0 Å². The van der Waals surface area contributed by atoms with Crippen LogP contribution < -0.4 is 5.32 Å². The maximum atomic E-state index is 3.65. The highest BCUT2D eigenvalue weighted by molar-refractivity contribution is 7.98. The molecule has 106 valence electrons. The van der Waals surface area contributed by atoms with Crippen LogP contribution in [0.25, 0.3) is 0 Å². The molecule has 0 radical (unpaired) electrons. The molecule has 1 fully saturated rings. The van der Waals surface area contributed by atoms with Crippen molar-refractivity contribution < 1.29 is 0 Å². The molecule has 1 heterocycles. The topological polar surface area (TPSA) is 15.3 Å². The molecule has 1 aromatic rings. The molecule has 0 bridgehead atoms. The van der Waals surface area contributed by atoms with Gasteiger partial charge in [-0.15, -0.1) is 0 Å². The Hall–Kier alpha value is -0.510. The van der Waals surface area contributed by atoms with Gasteiger partial charge in [-0.05, 0) is 43.4 Å². The predicted molar refractivity (Wildman–Crippen MR) is 86.0 cm³/mol. The third kappa shape index (κ3) is 5.55. The van der Waals surface area contributed by atoms with E-state index < -0.39 is 0 Å². The number of benzene rings is 1. The lowest BCUT2D eigenvalue weighted by molar-refractivity contribution is 0.197. The highest BCUT2D eigenvalue weighted by Crippen LogP contribution is 2.09. The second kappa shape index (κ2) is 8.62. The van der Waals surface area contributed by atoms with Gasteiger partial charge in [-0.3, -0.25) is 0 Å². The molecule has 3 heteroatoms. The van der Waals surface area contributed by atoms with Crippen LogP contribution in [-0.2, 0) is 6.42 Å². The third-order valence-electron chi connectivity index (χ3n) is 3.74. The van der Waals surface area contributed by atoms with E-state index in [2.05, 4.69) is 46.8 Å². The van der Waals surface area contributed by atoms with Gasteiger partial charge in [-0.2, -0.15) is 11.8 Å². The van der Waals surface area contributed by atoms with Gasteiger partial charge in [0.25, 0.3) is 0 Å². The van der Waals surface area contributed by atoms with E-state index >= 15 is 0 Å². The van der Waals surface area contributed by atoms with Crippen LogP contribution in [0.2, 0.25) is 0 Å². The second-order valence-corrected chi connectivity index (χ2v) is 6.33. The number of nitrogens with zero attached hydrogens (tertiary/aromatic N) is 1. The fraction of sp³-hybridized carbons (Fsp3) is 0.625. The van der Waals surface area contributed by atoms with Crippen molar-refractivity contribution >= 4 is 11.8 Å². The number of piperazine rings is 1. The summed E-state index contributed by atoms with van der Waals surface area (Å²) in [6.07, 6.45) is 6.05. The average molecular weight is 278 g/mol. The Morgan fingerprint density at radius 2 is 2.11 bits per heavy atom. The van der Waals surface area contributed by atoms with E-state index in [0.717, 1.165) is 13.0 Å². The van der Waals surface area contributed by atoms with Gasteiger partial charge in [0.05, 0.1) is 0 Å². The first-order valence-electron chi connectivity index (χ1n) is 7.37. The van der Waals surface area contributed by atoms with Crippen molar-refractivity contribution in [2.45, 2.75) is 25.3 Å². The molecular weight excluding hydrogens is 252 g/mol. The summed E-state index contributed by atoms with van der Waals surface area (Å²) in [6.45, 7) is 4.83. The van der Waals surface area contributed by atoms with Gasteiger partial charge in [0.2, 0.25) is 0 Å². The Morgan fingerprint density at radius 3 is 2.89 bits per heavy atom. The maximum absolute atomic E-state index is 3.65. The third-order valence-corrected chi connectivity index (χ3v) is 4.43. The quantitative estimate of drug-likeness (QED) is 0.772. The molecular formula is C16H26N2S. The maximum Gasteiger partial charge on any atom is 0.0235 e. The smallest absolute Gasteiger partial charge is 0.0235 e. The van der Waals surface area contributed by atoms with E-state index in [-0.39, 0.29) is 0 Å². The van der Waals surface area contributed by atoms with Gasteiger partial charge in [-0.25, -0.2) is 0 Å². The van der Waals surface area contributed by atoms with Gasteiger partial charge >= 0.3 is 0 Å². The predicted octanol–water partition coefficient (Wildman–Crippen LogP) is 2.65. The zero-order valence-corrected chi connectivity index (χ0v) is 12.8. The van der Waals surface area contributed by atoms with Crippen LogP contribution in [0.1, 0.15) is 18.4 Å². The largest absolute Gasteiger partial charge is 0.311 e. The van der Waals surface area contributed by atoms with Crippen molar-refractivity contribution in [3.63, 3.8) is 0 Å². The van der Waals surface area contributed by atoms with Crippen LogP contribution >= 0.6 is 11.8 Å². The molecule has 1 atom stereocenters. The fourth-order valence-electron chi connectivity index (χ4n) is 2.71. The first-order valence-corrected chi connectivity index (χ1v) is 8.76. The van der Waals surface area contributed by atoms with E-state index in [9.17, 15) is 0 Å². The Morgan fingerprint density at radius 1 is 1.26 bits per heavy atom. The summed E-state index contributed by atoms with van der Waals surface area (Å²) in [5.41, 5.74) is 1.45. The summed E-state index contributed by atoms with van der Waals surface area (Å²) in [7, 11) is 0. The molecule has 1 aromatic carbocycles. The summed E-state index contributed by atoms with van der Waals surface area (Å²) < 4.78 is 0. The second-order valence-electron chi connectivity index (χ2n) is 5.34. The zero-order valence-electron chi connectivity index (χ0n) is 12.0. The van der Waals surface area contributed by atoms with Crippen LogP contribution in [-0.4, -0.2) is 49.1 Å². The van der Waals surface area contributed by atoms with Crippen molar-refractivity contribution in [1.29, 1.82) is 0 Å². The van der Waals surface area contributed by atoms with Gasteiger partial charge < -0.3 is 10.2 Å². The van der Waals surface area contributed by atoms with Crippen molar-refractivity contribution in [1.82, 2.24) is 10.2 Å². The molecule has 2 nitrogen and oxygen atoms in total. The van der Waals surface area contributed by atoms with Crippen LogP contribution in [0, 0.1) is 0 Å². The van der Waals surface area contributed by atoms with Crippen molar-refractivity contribution in [2.75, 3.05) is 38.2 Å². The van der Waals surface area contributed by atoms with Crippen LogP contribution in [0.15, 0.2) is 30.3 Å². The lowest BCUT2D eigenvalue weighted by Gasteiger charge is -2.33. The lowest BCUT2D eigenvalue weighted by atomic mass is 10.0. The molecule has 1 saturated heterocycles. The Labute approximate surface area is 122 Å². The molecule has 1 N–H and O–H groups in total. The van der Waals surface area contributed by atoms with Gasteiger partial charge in [0.1, 0.15) is 0 Å². The molecule has 0 aliphatic carbocycles. The average Bonchev–Trinajstić information content (AvgIpc) is 2.45. The van der Waals surface area contributed by atoms with Crippen LogP contribution in [0.3, 0.4) is 0 Å². The Balaban J connectivity index is 1.71. The zero-order chi connectivity index (χ0) is 13.3. The molecule has 1 aliphatic heterocycles. The minimum absolute atomic E-state index is 0.622. The molecule has 0 aromatic heterocycles. The molecule has 19 heavy (non-hydrogen) atoms. The Kier molecular flexibility index (Phi) is 6.75. The van der Waals surface area contributed by atoms with E-state index in [1.807, 2.05) is 11.8 Å². The van der Waals surface area contributed by atoms with Crippen molar-refractivity contribution in [2.24, 2.45) is 0 Å². The lowest BCUT2D eigenvalue weighted by Crippen LogP contribution is -2.51. The number of thioether (sulfide) groups is 1. The van der Waals surface area contributed by atoms with E-state index in [1.165, 1.54) is 43.8 Å². The monoisotopic (exact) mass is 278 g/mol. The summed E-state index contributed by atoms with van der Waals surface area (Å²) >= 11 is 1.96. The molecule has 0 amide bonds. The minimum Gasteiger partial charge on any atom is -0.311 e. The normalized spacial score (nSPS) is 20.6. The SMILES string of the molecule is CSCCCCN1CCNC(Cc2ccccc2)C1. The van der Waals surface area contributed by atoms with E-state index in [1.54, 1.807) is 0 Å². The van der Waals surface area contributed by atoms with E-state index in [0.29, 0.717) is 6.04 Å². The minimum atomic E-state index is 0.622.